The first-order chi connectivity index (χ1) is 7.35. The summed E-state index contributed by atoms with van der Waals surface area (Å²) < 4.78 is 28.3. The lowest BCUT2D eigenvalue weighted by Crippen LogP contribution is -2.30. The van der Waals surface area contributed by atoms with Gasteiger partial charge in [0.1, 0.15) is 0 Å². The Hall–Kier alpha value is -0.790. The van der Waals surface area contributed by atoms with Gasteiger partial charge < -0.3 is 5.73 Å². The molecule has 0 saturated heterocycles. The number of hydrogen-bond acceptors (Lipinski definition) is 3. The van der Waals surface area contributed by atoms with E-state index in [2.05, 4.69) is 25.4 Å². The van der Waals surface area contributed by atoms with Gasteiger partial charge in [0, 0.05) is 11.0 Å². The van der Waals surface area contributed by atoms with Crippen molar-refractivity contribution in [1.29, 1.82) is 0 Å². The largest absolute Gasteiger partial charge is 0.397 e. The molecule has 0 aliphatic heterocycles. The minimum Gasteiger partial charge on any atom is -0.397 e. The molecular formula is C9H14BrN3O2S. The lowest BCUT2D eigenvalue weighted by atomic mass is 10.2. The lowest BCUT2D eigenvalue weighted by molar-refractivity contribution is 0.589. The summed E-state index contributed by atoms with van der Waals surface area (Å²) in [5.41, 5.74) is 7.43. The molecule has 0 fully saturated rings. The Morgan fingerprint density at radius 1 is 1.44 bits per heavy atom. The smallest absolute Gasteiger partial charge is 0.299 e. The molecule has 1 aromatic carbocycles. The van der Waals surface area contributed by atoms with Gasteiger partial charge in [-0.2, -0.15) is 13.1 Å². The van der Waals surface area contributed by atoms with Crippen molar-refractivity contribution in [3.63, 3.8) is 0 Å². The van der Waals surface area contributed by atoms with Crippen molar-refractivity contribution >= 4 is 37.5 Å². The van der Waals surface area contributed by atoms with Crippen molar-refractivity contribution in [2.45, 2.75) is 13.8 Å². The number of aryl methyl sites for hydroxylation is 1. The van der Waals surface area contributed by atoms with Crippen LogP contribution in [0.2, 0.25) is 0 Å². The minimum absolute atomic E-state index is 0.318. The number of anilines is 2. The van der Waals surface area contributed by atoms with Gasteiger partial charge in [-0.3, -0.25) is 4.72 Å². The van der Waals surface area contributed by atoms with Crippen molar-refractivity contribution in [2.24, 2.45) is 0 Å². The Morgan fingerprint density at radius 2 is 2.06 bits per heavy atom. The maximum absolute atomic E-state index is 11.5. The van der Waals surface area contributed by atoms with Gasteiger partial charge in [-0.15, -0.1) is 0 Å². The van der Waals surface area contributed by atoms with Crippen LogP contribution in [0.5, 0.6) is 0 Å². The third-order valence-electron chi connectivity index (χ3n) is 1.84. The maximum atomic E-state index is 11.5. The van der Waals surface area contributed by atoms with Crippen LogP contribution in [0.15, 0.2) is 16.6 Å². The molecule has 0 radical (unpaired) electrons. The molecule has 90 valence electrons. The molecule has 0 bridgehead atoms. The highest BCUT2D eigenvalue weighted by atomic mass is 79.9. The second-order valence-electron chi connectivity index (χ2n) is 3.31. The molecule has 0 heterocycles. The third kappa shape index (κ3) is 3.36. The van der Waals surface area contributed by atoms with Gasteiger partial charge >= 0.3 is 0 Å². The monoisotopic (exact) mass is 307 g/mol. The van der Waals surface area contributed by atoms with Crippen molar-refractivity contribution in [1.82, 2.24) is 4.72 Å². The van der Waals surface area contributed by atoms with Crippen LogP contribution in [-0.2, 0) is 10.2 Å². The minimum atomic E-state index is -3.55. The average Bonchev–Trinajstić information content (AvgIpc) is 2.11. The van der Waals surface area contributed by atoms with Crippen LogP contribution in [0.25, 0.3) is 0 Å². The van der Waals surface area contributed by atoms with Crippen LogP contribution >= 0.6 is 15.9 Å². The van der Waals surface area contributed by atoms with Gasteiger partial charge in [0.15, 0.2) is 0 Å². The molecule has 5 nitrogen and oxygen atoms in total. The second kappa shape index (κ2) is 5.03. The highest BCUT2D eigenvalue weighted by Gasteiger charge is 2.13. The summed E-state index contributed by atoms with van der Waals surface area (Å²) in [5.74, 6) is 0. The summed E-state index contributed by atoms with van der Waals surface area (Å²) in [6, 6.07) is 3.49. The third-order valence-corrected chi connectivity index (χ3v) is 3.60. The molecule has 16 heavy (non-hydrogen) atoms. The molecular weight excluding hydrogens is 294 g/mol. The zero-order valence-corrected chi connectivity index (χ0v) is 11.4. The Bertz CT molecular complexity index is 465. The highest BCUT2D eigenvalue weighted by Crippen LogP contribution is 2.30. The number of rotatable bonds is 4. The summed E-state index contributed by atoms with van der Waals surface area (Å²) in [6.45, 7) is 3.90. The molecule has 0 aliphatic carbocycles. The molecule has 0 amide bonds. The predicted molar refractivity (Wildman–Crippen MR) is 69.5 cm³/mol. The zero-order chi connectivity index (χ0) is 12.3. The summed E-state index contributed by atoms with van der Waals surface area (Å²) in [6.07, 6.45) is 0. The van der Waals surface area contributed by atoms with E-state index in [1.165, 1.54) is 0 Å². The number of nitrogen functional groups attached to an aromatic ring is 1. The van der Waals surface area contributed by atoms with Crippen LogP contribution in [0.1, 0.15) is 12.5 Å². The van der Waals surface area contributed by atoms with E-state index in [0.717, 1.165) is 5.56 Å². The van der Waals surface area contributed by atoms with E-state index in [0.29, 0.717) is 22.4 Å². The van der Waals surface area contributed by atoms with Gasteiger partial charge in [0.2, 0.25) is 0 Å². The molecule has 0 saturated carbocycles. The Kier molecular flexibility index (Phi) is 4.17. The predicted octanol–water partition coefficient (Wildman–Crippen LogP) is 1.61. The molecule has 1 rings (SSSR count). The maximum Gasteiger partial charge on any atom is 0.299 e. The van der Waals surface area contributed by atoms with Crippen LogP contribution in [0.4, 0.5) is 11.4 Å². The van der Waals surface area contributed by atoms with E-state index in [4.69, 9.17) is 5.73 Å². The lowest BCUT2D eigenvalue weighted by Gasteiger charge is -2.12. The summed E-state index contributed by atoms with van der Waals surface area (Å²) in [5, 5.41) is 0. The highest BCUT2D eigenvalue weighted by molar-refractivity contribution is 9.10. The van der Waals surface area contributed by atoms with Crippen molar-refractivity contribution in [3.05, 3.63) is 22.2 Å². The molecule has 7 heteroatoms. The summed E-state index contributed by atoms with van der Waals surface area (Å²) >= 11 is 3.27. The van der Waals surface area contributed by atoms with Crippen molar-refractivity contribution in [2.75, 3.05) is 17.0 Å². The Balaban J connectivity index is 3.07. The normalized spacial score (nSPS) is 11.4. The fraction of sp³-hybridized carbons (Fsp3) is 0.333. The number of hydrogen-bond donors (Lipinski definition) is 3. The van der Waals surface area contributed by atoms with E-state index in [9.17, 15) is 8.42 Å². The first kappa shape index (κ1) is 13.3. The van der Waals surface area contributed by atoms with Gasteiger partial charge in [-0.1, -0.05) is 6.92 Å². The molecule has 1 aromatic rings. The topological polar surface area (TPSA) is 84.2 Å². The number of nitrogens with two attached hydrogens (primary N) is 1. The number of benzene rings is 1. The molecule has 0 unspecified atom stereocenters. The second-order valence-corrected chi connectivity index (χ2v) is 5.67. The van der Waals surface area contributed by atoms with E-state index >= 15 is 0 Å². The quantitative estimate of drug-likeness (QED) is 0.739. The van der Waals surface area contributed by atoms with Gasteiger partial charge in [0.05, 0.1) is 11.4 Å². The standard InChI is InChI=1S/C9H14BrN3O2S/c1-3-12-16(14,15)13-9-7(10)4-6(2)5-8(9)11/h4-5,12-13H,3,11H2,1-2H3. The van der Waals surface area contributed by atoms with Crippen molar-refractivity contribution in [3.8, 4) is 0 Å². The molecule has 0 aromatic heterocycles. The first-order valence-corrected chi connectivity index (χ1v) is 6.96. The van der Waals surface area contributed by atoms with Gasteiger partial charge in [0.25, 0.3) is 10.2 Å². The zero-order valence-electron chi connectivity index (χ0n) is 9.04. The number of halogens is 1. The average molecular weight is 308 g/mol. The molecule has 0 aliphatic rings. The van der Waals surface area contributed by atoms with Crippen LogP contribution < -0.4 is 15.2 Å². The van der Waals surface area contributed by atoms with Crippen LogP contribution in [-0.4, -0.2) is 15.0 Å². The fourth-order valence-electron chi connectivity index (χ4n) is 1.24. The Morgan fingerprint density at radius 3 is 2.56 bits per heavy atom. The molecule has 0 atom stereocenters. The summed E-state index contributed by atoms with van der Waals surface area (Å²) in [4.78, 5) is 0. The van der Waals surface area contributed by atoms with Crippen LogP contribution in [0, 0.1) is 6.92 Å². The SMILES string of the molecule is CCNS(=O)(=O)Nc1c(N)cc(C)cc1Br. The number of nitrogens with one attached hydrogen (secondary N) is 2. The first-order valence-electron chi connectivity index (χ1n) is 4.68. The van der Waals surface area contributed by atoms with E-state index in [1.54, 1.807) is 19.1 Å². The van der Waals surface area contributed by atoms with Crippen LogP contribution in [0.3, 0.4) is 0 Å². The van der Waals surface area contributed by atoms with E-state index < -0.39 is 10.2 Å². The van der Waals surface area contributed by atoms with E-state index in [-0.39, 0.29) is 0 Å². The Labute approximate surface area is 104 Å². The summed E-state index contributed by atoms with van der Waals surface area (Å²) in [7, 11) is -3.55. The van der Waals surface area contributed by atoms with Gasteiger partial charge in [-0.05, 0) is 40.5 Å². The van der Waals surface area contributed by atoms with Gasteiger partial charge in [-0.25, -0.2) is 0 Å². The molecule has 4 N–H and O–H groups in total. The van der Waals surface area contributed by atoms with Crippen molar-refractivity contribution < 1.29 is 8.42 Å². The van der Waals surface area contributed by atoms with E-state index in [1.807, 2.05) is 6.92 Å². The molecule has 0 spiro atoms. The fourth-order valence-corrected chi connectivity index (χ4v) is 3.01.